The third-order valence-corrected chi connectivity index (χ3v) is 2.54. The van der Waals surface area contributed by atoms with Crippen molar-refractivity contribution < 1.29 is 5.11 Å². The van der Waals surface area contributed by atoms with Crippen LogP contribution < -0.4 is 0 Å². The molecular weight excluding hydrogens is 168 g/mol. The maximum atomic E-state index is 9.36. The lowest BCUT2D eigenvalue weighted by molar-refractivity contribution is 0.462. The van der Waals surface area contributed by atoms with Gasteiger partial charge in [0.05, 0.1) is 0 Å². The lowest BCUT2D eigenvalue weighted by atomic mass is 10.3. The number of phenols is 1. The summed E-state index contributed by atoms with van der Waals surface area (Å²) in [6.07, 6.45) is 2.85. The molecule has 0 amide bonds. The second-order valence-corrected chi connectivity index (χ2v) is 3.53. The Morgan fingerprint density at radius 1 is 1.42 bits per heavy atom. The summed E-state index contributed by atoms with van der Waals surface area (Å²) in [4.78, 5) is 0.944. The topological polar surface area (TPSA) is 20.2 Å². The van der Waals surface area contributed by atoms with Crippen LogP contribution in [0.15, 0.2) is 41.8 Å². The molecule has 1 aromatic carbocycles. The van der Waals surface area contributed by atoms with Crippen molar-refractivity contribution in [3.63, 3.8) is 0 Å². The van der Waals surface area contributed by atoms with E-state index in [9.17, 15) is 5.11 Å². The standard InChI is InChI=1S/C10H12OS/c1-2-3-8-12-10-7-5-4-6-9(10)11/h2,4-7,11H,1,3,8H2. The van der Waals surface area contributed by atoms with Crippen LogP contribution in [0.25, 0.3) is 0 Å². The molecule has 64 valence electrons. The van der Waals surface area contributed by atoms with Gasteiger partial charge in [0.25, 0.3) is 0 Å². The molecule has 0 radical (unpaired) electrons. The number of benzene rings is 1. The summed E-state index contributed by atoms with van der Waals surface area (Å²) in [6, 6.07) is 7.38. The van der Waals surface area contributed by atoms with Crippen molar-refractivity contribution in [2.75, 3.05) is 5.75 Å². The van der Waals surface area contributed by atoms with Gasteiger partial charge in [-0.3, -0.25) is 0 Å². The number of rotatable bonds is 4. The molecule has 12 heavy (non-hydrogen) atoms. The van der Waals surface area contributed by atoms with E-state index < -0.39 is 0 Å². The number of phenolic OH excluding ortho intramolecular Hbond substituents is 1. The van der Waals surface area contributed by atoms with Crippen molar-refractivity contribution in [1.82, 2.24) is 0 Å². The number of allylic oxidation sites excluding steroid dienone is 1. The molecule has 1 aromatic rings. The summed E-state index contributed by atoms with van der Waals surface area (Å²) in [6.45, 7) is 3.64. The molecule has 0 aliphatic heterocycles. The summed E-state index contributed by atoms with van der Waals surface area (Å²) in [5, 5.41) is 9.36. The van der Waals surface area contributed by atoms with Crippen molar-refractivity contribution >= 4 is 11.8 Å². The third kappa shape index (κ3) is 2.62. The molecule has 1 rings (SSSR count). The molecule has 0 aromatic heterocycles. The van der Waals surface area contributed by atoms with E-state index in [0.717, 1.165) is 17.1 Å². The Bertz CT molecular complexity index is 258. The van der Waals surface area contributed by atoms with Crippen LogP contribution in [-0.4, -0.2) is 10.9 Å². The maximum Gasteiger partial charge on any atom is 0.129 e. The highest BCUT2D eigenvalue weighted by molar-refractivity contribution is 7.99. The number of aromatic hydroxyl groups is 1. The van der Waals surface area contributed by atoms with Crippen LogP contribution in [0.2, 0.25) is 0 Å². The molecule has 0 fully saturated rings. The van der Waals surface area contributed by atoms with E-state index in [2.05, 4.69) is 6.58 Å². The van der Waals surface area contributed by atoms with Gasteiger partial charge in [-0.1, -0.05) is 18.2 Å². The summed E-state index contributed by atoms with van der Waals surface area (Å²) < 4.78 is 0. The first kappa shape index (κ1) is 9.20. The third-order valence-electron chi connectivity index (χ3n) is 1.44. The summed E-state index contributed by atoms with van der Waals surface area (Å²) in [5.74, 6) is 1.34. The minimum Gasteiger partial charge on any atom is -0.507 e. The van der Waals surface area contributed by atoms with Crippen LogP contribution in [0.3, 0.4) is 0 Å². The average Bonchev–Trinajstić information content (AvgIpc) is 2.09. The molecule has 0 spiro atoms. The van der Waals surface area contributed by atoms with E-state index in [1.165, 1.54) is 0 Å². The zero-order chi connectivity index (χ0) is 8.81. The van der Waals surface area contributed by atoms with Crippen LogP contribution in [0.1, 0.15) is 6.42 Å². The Morgan fingerprint density at radius 2 is 2.17 bits per heavy atom. The first-order valence-electron chi connectivity index (χ1n) is 3.86. The van der Waals surface area contributed by atoms with Crippen molar-refractivity contribution in [2.45, 2.75) is 11.3 Å². The quantitative estimate of drug-likeness (QED) is 0.436. The number of hydrogen-bond donors (Lipinski definition) is 1. The van der Waals surface area contributed by atoms with Gasteiger partial charge in [0, 0.05) is 10.6 Å². The highest BCUT2D eigenvalue weighted by Crippen LogP contribution is 2.27. The van der Waals surface area contributed by atoms with Crippen LogP contribution >= 0.6 is 11.8 Å². The first-order valence-corrected chi connectivity index (χ1v) is 4.85. The van der Waals surface area contributed by atoms with Gasteiger partial charge < -0.3 is 5.11 Å². The zero-order valence-corrected chi connectivity index (χ0v) is 7.68. The van der Waals surface area contributed by atoms with Gasteiger partial charge in [0.1, 0.15) is 5.75 Å². The van der Waals surface area contributed by atoms with Gasteiger partial charge in [-0.15, -0.1) is 18.3 Å². The SMILES string of the molecule is C=CCCSc1ccccc1O. The molecule has 0 aliphatic carbocycles. The first-order chi connectivity index (χ1) is 5.84. The highest BCUT2D eigenvalue weighted by atomic mass is 32.2. The van der Waals surface area contributed by atoms with Crippen LogP contribution in [-0.2, 0) is 0 Å². The highest BCUT2D eigenvalue weighted by Gasteiger charge is 1.97. The molecule has 0 heterocycles. The molecule has 0 saturated heterocycles. The van der Waals surface area contributed by atoms with Crippen LogP contribution in [0, 0.1) is 0 Å². The predicted octanol–water partition coefficient (Wildman–Crippen LogP) is 3.06. The lowest BCUT2D eigenvalue weighted by Gasteiger charge is -2.01. The van der Waals surface area contributed by atoms with Gasteiger partial charge in [-0.2, -0.15) is 0 Å². The van der Waals surface area contributed by atoms with Gasteiger partial charge in [0.2, 0.25) is 0 Å². The van der Waals surface area contributed by atoms with E-state index in [-0.39, 0.29) is 0 Å². The number of hydrogen-bond acceptors (Lipinski definition) is 2. The minimum absolute atomic E-state index is 0.367. The molecular formula is C10H12OS. The number of para-hydroxylation sites is 1. The van der Waals surface area contributed by atoms with Crippen molar-refractivity contribution in [2.24, 2.45) is 0 Å². The summed E-state index contributed by atoms with van der Waals surface area (Å²) in [5.41, 5.74) is 0. The van der Waals surface area contributed by atoms with E-state index in [1.54, 1.807) is 17.8 Å². The van der Waals surface area contributed by atoms with Crippen molar-refractivity contribution in [3.8, 4) is 5.75 Å². The van der Waals surface area contributed by atoms with E-state index in [4.69, 9.17) is 0 Å². The Morgan fingerprint density at radius 3 is 2.83 bits per heavy atom. The maximum absolute atomic E-state index is 9.36. The lowest BCUT2D eigenvalue weighted by Crippen LogP contribution is -1.76. The van der Waals surface area contributed by atoms with E-state index >= 15 is 0 Å². The van der Waals surface area contributed by atoms with Gasteiger partial charge in [-0.05, 0) is 18.6 Å². The van der Waals surface area contributed by atoms with Gasteiger partial charge >= 0.3 is 0 Å². The average molecular weight is 180 g/mol. The van der Waals surface area contributed by atoms with Gasteiger partial charge in [0.15, 0.2) is 0 Å². The zero-order valence-electron chi connectivity index (χ0n) is 6.86. The molecule has 1 N–H and O–H groups in total. The summed E-state index contributed by atoms with van der Waals surface area (Å²) in [7, 11) is 0. The monoisotopic (exact) mass is 180 g/mol. The normalized spacial score (nSPS) is 9.67. The fourth-order valence-corrected chi connectivity index (χ4v) is 1.73. The predicted molar refractivity (Wildman–Crippen MR) is 53.6 cm³/mol. The Balaban J connectivity index is 2.51. The largest absolute Gasteiger partial charge is 0.507 e. The molecule has 1 nitrogen and oxygen atoms in total. The molecule has 0 atom stereocenters. The molecule has 2 heteroatoms. The Kier molecular flexibility index (Phi) is 3.74. The second-order valence-electron chi connectivity index (χ2n) is 2.39. The summed E-state index contributed by atoms with van der Waals surface area (Å²) >= 11 is 1.65. The molecule has 0 unspecified atom stereocenters. The van der Waals surface area contributed by atoms with E-state index in [0.29, 0.717) is 5.75 Å². The van der Waals surface area contributed by atoms with Crippen LogP contribution in [0.4, 0.5) is 0 Å². The second kappa shape index (κ2) is 4.88. The van der Waals surface area contributed by atoms with Gasteiger partial charge in [-0.25, -0.2) is 0 Å². The smallest absolute Gasteiger partial charge is 0.129 e. The van der Waals surface area contributed by atoms with Crippen molar-refractivity contribution in [1.29, 1.82) is 0 Å². The Hall–Kier alpha value is -0.890. The van der Waals surface area contributed by atoms with E-state index in [1.807, 2.05) is 24.3 Å². The van der Waals surface area contributed by atoms with Crippen molar-refractivity contribution in [3.05, 3.63) is 36.9 Å². The fourth-order valence-electron chi connectivity index (χ4n) is 0.831. The Labute approximate surface area is 77.1 Å². The van der Waals surface area contributed by atoms with Crippen LogP contribution in [0.5, 0.6) is 5.75 Å². The fraction of sp³-hybridized carbons (Fsp3) is 0.200. The number of thioether (sulfide) groups is 1. The molecule has 0 bridgehead atoms. The molecule has 0 aliphatic rings. The minimum atomic E-state index is 0.367. The molecule has 0 saturated carbocycles.